The lowest BCUT2D eigenvalue weighted by Gasteiger charge is -2.36. The third kappa shape index (κ3) is 2.99. The van der Waals surface area contributed by atoms with Crippen molar-refractivity contribution in [1.29, 1.82) is 0 Å². The molecule has 0 atom stereocenters. The molecular formula is C17H27NOSi. The second-order valence-electron chi connectivity index (χ2n) is 7.17. The van der Waals surface area contributed by atoms with E-state index in [2.05, 4.69) is 70.2 Å². The highest BCUT2D eigenvalue weighted by Crippen LogP contribution is 2.36. The minimum Gasteiger partial charge on any atom is -0.416 e. The van der Waals surface area contributed by atoms with Crippen LogP contribution in [0.15, 0.2) is 24.4 Å². The lowest BCUT2D eigenvalue weighted by atomic mass is 10.1. The lowest BCUT2D eigenvalue weighted by molar-refractivity contribution is 0.292. The maximum Gasteiger partial charge on any atom is 0.191 e. The predicted molar refractivity (Wildman–Crippen MR) is 89.9 cm³/mol. The van der Waals surface area contributed by atoms with E-state index < -0.39 is 8.32 Å². The van der Waals surface area contributed by atoms with Crippen LogP contribution in [0, 0.1) is 6.92 Å². The molecule has 0 radical (unpaired) electrons. The number of aromatic nitrogens is 1. The van der Waals surface area contributed by atoms with E-state index in [1.807, 2.05) is 0 Å². The first-order valence-electron chi connectivity index (χ1n) is 7.42. The molecule has 0 aliphatic carbocycles. The highest BCUT2D eigenvalue weighted by Gasteiger charge is 2.36. The number of para-hydroxylation sites is 1. The van der Waals surface area contributed by atoms with Gasteiger partial charge in [0.1, 0.15) is 0 Å². The second-order valence-corrected chi connectivity index (χ2v) is 12.0. The van der Waals surface area contributed by atoms with Crippen molar-refractivity contribution in [3.8, 4) is 0 Å². The molecular weight excluding hydrogens is 262 g/mol. The van der Waals surface area contributed by atoms with Crippen molar-refractivity contribution in [3.05, 3.63) is 35.5 Å². The van der Waals surface area contributed by atoms with E-state index in [0.29, 0.717) is 0 Å². The SMILES string of the molecule is Cc1cccc2c(CCO[Si](C)(C)C(C)(C)C)c[nH]c12. The Balaban J connectivity index is 2.06. The molecule has 0 bridgehead atoms. The first kappa shape index (κ1) is 15.3. The zero-order valence-electron chi connectivity index (χ0n) is 13.6. The number of rotatable bonds is 4. The highest BCUT2D eigenvalue weighted by atomic mass is 28.4. The van der Waals surface area contributed by atoms with Gasteiger partial charge in [-0.25, -0.2) is 0 Å². The summed E-state index contributed by atoms with van der Waals surface area (Å²) in [6, 6.07) is 6.47. The summed E-state index contributed by atoms with van der Waals surface area (Å²) in [5.41, 5.74) is 3.93. The molecule has 20 heavy (non-hydrogen) atoms. The van der Waals surface area contributed by atoms with Crippen LogP contribution < -0.4 is 0 Å². The van der Waals surface area contributed by atoms with Crippen molar-refractivity contribution in [2.24, 2.45) is 0 Å². The largest absolute Gasteiger partial charge is 0.416 e. The highest BCUT2D eigenvalue weighted by molar-refractivity contribution is 6.74. The molecule has 0 unspecified atom stereocenters. The topological polar surface area (TPSA) is 25.0 Å². The molecule has 1 aromatic carbocycles. The number of fused-ring (bicyclic) bond motifs is 1. The molecule has 0 saturated heterocycles. The minimum absolute atomic E-state index is 0.282. The number of benzene rings is 1. The van der Waals surface area contributed by atoms with Crippen LogP contribution in [0.25, 0.3) is 10.9 Å². The number of aryl methyl sites for hydroxylation is 1. The van der Waals surface area contributed by atoms with Crippen LogP contribution in [0.3, 0.4) is 0 Å². The molecule has 1 N–H and O–H groups in total. The van der Waals surface area contributed by atoms with E-state index in [0.717, 1.165) is 13.0 Å². The van der Waals surface area contributed by atoms with Crippen molar-refractivity contribution in [3.63, 3.8) is 0 Å². The lowest BCUT2D eigenvalue weighted by Crippen LogP contribution is -2.41. The molecule has 1 aromatic heterocycles. The molecule has 0 spiro atoms. The maximum absolute atomic E-state index is 6.27. The summed E-state index contributed by atoms with van der Waals surface area (Å²) in [4.78, 5) is 3.39. The van der Waals surface area contributed by atoms with Gasteiger partial charge in [0, 0.05) is 23.7 Å². The zero-order chi connectivity index (χ0) is 15.0. The number of hydrogen-bond acceptors (Lipinski definition) is 1. The number of hydrogen-bond donors (Lipinski definition) is 1. The van der Waals surface area contributed by atoms with Crippen LogP contribution >= 0.6 is 0 Å². The van der Waals surface area contributed by atoms with Gasteiger partial charge in [0.2, 0.25) is 0 Å². The van der Waals surface area contributed by atoms with Crippen molar-refractivity contribution in [2.45, 2.75) is 52.2 Å². The van der Waals surface area contributed by atoms with Gasteiger partial charge in [-0.1, -0.05) is 39.0 Å². The number of H-pyrrole nitrogens is 1. The Morgan fingerprint density at radius 2 is 1.90 bits per heavy atom. The Kier molecular flexibility index (Phi) is 4.12. The Hall–Kier alpha value is -1.06. The molecule has 2 aromatic rings. The van der Waals surface area contributed by atoms with Gasteiger partial charge in [0.05, 0.1) is 0 Å². The Morgan fingerprint density at radius 3 is 2.55 bits per heavy atom. The van der Waals surface area contributed by atoms with Crippen LogP contribution in [0.2, 0.25) is 18.1 Å². The molecule has 3 heteroatoms. The summed E-state index contributed by atoms with van der Waals surface area (Å²) >= 11 is 0. The molecule has 0 aliphatic heterocycles. The fourth-order valence-electron chi connectivity index (χ4n) is 2.20. The second kappa shape index (κ2) is 5.38. The number of aromatic amines is 1. The monoisotopic (exact) mass is 289 g/mol. The Labute approximate surface area is 123 Å². The third-order valence-corrected chi connectivity index (χ3v) is 9.19. The van der Waals surface area contributed by atoms with E-state index >= 15 is 0 Å². The fraction of sp³-hybridized carbons (Fsp3) is 0.529. The Morgan fingerprint density at radius 1 is 1.20 bits per heavy atom. The molecule has 0 amide bonds. The van der Waals surface area contributed by atoms with Crippen molar-refractivity contribution >= 4 is 19.2 Å². The van der Waals surface area contributed by atoms with Crippen molar-refractivity contribution in [2.75, 3.05) is 6.61 Å². The summed E-state index contributed by atoms with van der Waals surface area (Å²) in [5.74, 6) is 0. The average molecular weight is 289 g/mol. The Bertz CT molecular complexity index is 593. The van der Waals surface area contributed by atoms with E-state index in [1.54, 1.807) is 0 Å². The van der Waals surface area contributed by atoms with Crippen LogP contribution in [-0.4, -0.2) is 19.9 Å². The molecule has 0 aliphatic rings. The normalized spacial score (nSPS) is 13.1. The van der Waals surface area contributed by atoms with Gasteiger partial charge < -0.3 is 9.41 Å². The first-order valence-corrected chi connectivity index (χ1v) is 10.3. The van der Waals surface area contributed by atoms with Gasteiger partial charge in [0.25, 0.3) is 0 Å². The summed E-state index contributed by atoms with van der Waals surface area (Å²) in [5, 5.41) is 1.62. The van der Waals surface area contributed by atoms with Crippen LogP contribution in [0.1, 0.15) is 31.9 Å². The summed E-state index contributed by atoms with van der Waals surface area (Å²) in [6.07, 6.45) is 3.11. The maximum atomic E-state index is 6.27. The van der Waals surface area contributed by atoms with Crippen LogP contribution in [-0.2, 0) is 10.8 Å². The predicted octanol–water partition coefficient (Wildman–Crippen LogP) is 5.04. The summed E-state index contributed by atoms with van der Waals surface area (Å²) in [6.45, 7) is 14.4. The van der Waals surface area contributed by atoms with Gasteiger partial charge in [-0.05, 0) is 42.6 Å². The molecule has 0 saturated carbocycles. The van der Waals surface area contributed by atoms with Gasteiger partial charge in [-0.15, -0.1) is 0 Å². The van der Waals surface area contributed by atoms with Crippen molar-refractivity contribution in [1.82, 2.24) is 4.98 Å². The fourth-order valence-corrected chi connectivity index (χ4v) is 3.25. The van der Waals surface area contributed by atoms with Gasteiger partial charge in [-0.2, -0.15) is 0 Å². The molecule has 110 valence electrons. The molecule has 0 fully saturated rings. The summed E-state index contributed by atoms with van der Waals surface area (Å²) < 4.78 is 6.27. The average Bonchev–Trinajstić information content (AvgIpc) is 2.72. The van der Waals surface area contributed by atoms with E-state index in [-0.39, 0.29) is 5.04 Å². The van der Waals surface area contributed by atoms with Crippen LogP contribution in [0.4, 0.5) is 0 Å². The van der Waals surface area contributed by atoms with E-state index in [4.69, 9.17) is 4.43 Å². The number of nitrogens with one attached hydrogen (secondary N) is 1. The van der Waals surface area contributed by atoms with Gasteiger partial charge in [-0.3, -0.25) is 0 Å². The molecule has 2 rings (SSSR count). The van der Waals surface area contributed by atoms with E-state index in [1.165, 1.54) is 22.0 Å². The van der Waals surface area contributed by atoms with Gasteiger partial charge >= 0.3 is 0 Å². The first-order chi connectivity index (χ1) is 9.22. The zero-order valence-corrected chi connectivity index (χ0v) is 14.6. The quantitative estimate of drug-likeness (QED) is 0.784. The summed E-state index contributed by atoms with van der Waals surface area (Å²) in [7, 11) is -1.63. The smallest absolute Gasteiger partial charge is 0.191 e. The third-order valence-electron chi connectivity index (χ3n) is 4.65. The van der Waals surface area contributed by atoms with Crippen molar-refractivity contribution < 1.29 is 4.43 Å². The minimum atomic E-state index is -1.63. The van der Waals surface area contributed by atoms with Crippen LogP contribution in [0.5, 0.6) is 0 Å². The standard InChI is InChI=1S/C17H27NOSi/c1-13-8-7-9-15-14(12-18-16(13)15)10-11-19-20(5,6)17(2,3)4/h7-9,12,18H,10-11H2,1-6H3. The molecule has 2 nitrogen and oxygen atoms in total. The molecule has 1 heterocycles. The van der Waals surface area contributed by atoms with Gasteiger partial charge in [0.15, 0.2) is 8.32 Å². The van der Waals surface area contributed by atoms with E-state index in [9.17, 15) is 0 Å².